The molecule has 1 atom stereocenters. The molecule has 90 valence electrons. The average molecular weight is 312 g/mol. The number of rotatable bonds is 3. The van der Waals surface area contributed by atoms with Crippen molar-refractivity contribution in [3.63, 3.8) is 0 Å². The number of furan rings is 1. The molecule has 1 unspecified atom stereocenters. The maximum Gasteiger partial charge on any atom is 0.108 e. The number of aryl methyl sites for hydroxylation is 1. The van der Waals surface area contributed by atoms with Crippen LogP contribution >= 0.6 is 27.3 Å². The second kappa shape index (κ2) is 4.96. The summed E-state index contributed by atoms with van der Waals surface area (Å²) in [6.07, 6.45) is 5.31. The Labute approximate surface area is 113 Å². The van der Waals surface area contributed by atoms with Gasteiger partial charge in [-0.05, 0) is 46.3 Å². The topological polar surface area (TPSA) is 25.2 Å². The highest BCUT2D eigenvalue weighted by molar-refractivity contribution is 9.10. The van der Waals surface area contributed by atoms with Crippen molar-refractivity contribution in [1.82, 2.24) is 5.32 Å². The number of nitrogens with one attached hydrogen (secondary N) is 1. The van der Waals surface area contributed by atoms with E-state index in [4.69, 9.17) is 4.42 Å². The van der Waals surface area contributed by atoms with Crippen LogP contribution in [0.25, 0.3) is 0 Å². The first-order chi connectivity index (χ1) is 8.34. The molecule has 1 aliphatic carbocycles. The predicted molar refractivity (Wildman–Crippen MR) is 73.2 cm³/mol. The van der Waals surface area contributed by atoms with E-state index in [9.17, 15) is 0 Å². The SMILES string of the molecule is Brc1ccsc1CNC1CCCc2occc21. The molecule has 0 aliphatic heterocycles. The van der Waals surface area contributed by atoms with Crippen molar-refractivity contribution in [2.75, 3.05) is 0 Å². The van der Waals surface area contributed by atoms with Gasteiger partial charge in [-0.2, -0.15) is 0 Å². The molecule has 0 radical (unpaired) electrons. The number of thiophene rings is 1. The van der Waals surface area contributed by atoms with E-state index in [1.54, 1.807) is 11.3 Å². The Bertz CT molecular complexity index is 505. The first-order valence-corrected chi connectivity index (χ1v) is 7.53. The largest absolute Gasteiger partial charge is 0.469 e. The van der Waals surface area contributed by atoms with E-state index in [0.717, 1.165) is 13.0 Å². The highest BCUT2D eigenvalue weighted by Gasteiger charge is 2.22. The number of halogens is 1. The minimum atomic E-state index is 0.450. The van der Waals surface area contributed by atoms with Crippen LogP contribution in [-0.4, -0.2) is 0 Å². The fraction of sp³-hybridized carbons (Fsp3) is 0.385. The second-order valence-electron chi connectivity index (χ2n) is 4.32. The number of hydrogen-bond donors (Lipinski definition) is 1. The summed E-state index contributed by atoms with van der Waals surface area (Å²) in [5, 5.41) is 5.74. The summed E-state index contributed by atoms with van der Waals surface area (Å²) in [7, 11) is 0. The monoisotopic (exact) mass is 311 g/mol. The molecule has 2 aromatic heterocycles. The van der Waals surface area contributed by atoms with Crippen molar-refractivity contribution < 1.29 is 4.42 Å². The van der Waals surface area contributed by atoms with Crippen LogP contribution in [0.15, 0.2) is 32.7 Å². The molecule has 0 amide bonds. The van der Waals surface area contributed by atoms with Crippen LogP contribution in [0.2, 0.25) is 0 Å². The lowest BCUT2D eigenvalue weighted by atomic mass is 9.93. The Morgan fingerprint density at radius 1 is 1.47 bits per heavy atom. The summed E-state index contributed by atoms with van der Waals surface area (Å²) in [6, 6.07) is 4.66. The summed E-state index contributed by atoms with van der Waals surface area (Å²) in [5.74, 6) is 1.17. The summed E-state index contributed by atoms with van der Waals surface area (Å²) in [5.41, 5.74) is 1.35. The highest BCUT2D eigenvalue weighted by Crippen LogP contribution is 2.31. The van der Waals surface area contributed by atoms with E-state index in [-0.39, 0.29) is 0 Å². The molecule has 0 fully saturated rings. The lowest BCUT2D eigenvalue weighted by Crippen LogP contribution is -2.23. The highest BCUT2D eigenvalue weighted by atomic mass is 79.9. The Morgan fingerprint density at radius 3 is 3.24 bits per heavy atom. The Kier molecular flexibility index (Phi) is 3.36. The summed E-state index contributed by atoms with van der Waals surface area (Å²) < 4.78 is 6.71. The molecule has 0 saturated carbocycles. The lowest BCUT2D eigenvalue weighted by Gasteiger charge is -2.22. The first kappa shape index (κ1) is 11.5. The van der Waals surface area contributed by atoms with Gasteiger partial charge in [-0.15, -0.1) is 11.3 Å². The molecule has 0 saturated heterocycles. The van der Waals surface area contributed by atoms with E-state index in [0.29, 0.717) is 6.04 Å². The van der Waals surface area contributed by atoms with Crippen molar-refractivity contribution in [3.05, 3.63) is 44.4 Å². The standard InChI is InChI=1S/C13H14BrNOS/c14-10-5-7-17-13(10)8-15-11-2-1-3-12-9(11)4-6-16-12/h4-7,11,15H,1-3,8H2. The van der Waals surface area contributed by atoms with Gasteiger partial charge >= 0.3 is 0 Å². The van der Waals surface area contributed by atoms with Gasteiger partial charge in [0, 0.05) is 33.9 Å². The molecule has 0 bridgehead atoms. The smallest absolute Gasteiger partial charge is 0.108 e. The van der Waals surface area contributed by atoms with Gasteiger partial charge in [0.15, 0.2) is 0 Å². The first-order valence-electron chi connectivity index (χ1n) is 5.86. The van der Waals surface area contributed by atoms with Crippen LogP contribution in [0.5, 0.6) is 0 Å². The third-order valence-corrected chi connectivity index (χ3v) is 5.18. The molecule has 4 heteroatoms. The van der Waals surface area contributed by atoms with Crippen molar-refractivity contribution >= 4 is 27.3 Å². The van der Waals surface area contributed by atoms with Crippen LogP contribution in [0.1, 0.15) is 35.1 Å². The fourth-order valence-corrected chi connectivity index (χ4v) is 3.81. The molecular formula is C13H14BrNOS. The third-order valence-electron chi connectivity index (χ3n) is 3.25. The maximum absolute atomic E-state index is 5.50. The van der Waals surface area contributed by atoms with E-state index in [1.807, 2.05) is 6.26 Å². The summed E-state index contributed by atoms with van der Waals surface area (Å²) in [6.45, 7) is 0.924. The number of hydrogen-bond acceptors (Lipinski definition) is 3. The third kappa shape index (κ3) is 2.34. The van der Waals surface area contributed by atoms with Crippen LogP contribution in [0.3, 0.4) is 0 Å². The molecule has 1 aliphatic rings. The van der Waals surface area contributed by atoms with Crippen molar-refractivity contribution in [2.24, 2.45) is 0 Å². The van der Waals surface area contributed by atoms with Crippen LogP contribution < -0.4 is 5.32 Å². The zero-order valence-electron chi connectivity index (χ0n) is 9.41. The zero-order valence-corrected chi connectivity index (χ0v) is 11.8. The Hall–Kier alpha value is -0.580. The summed E-state index contributed by atoms with van der Waals surface area (Å²) >= 11 is 5.36. The number of fused-ring (bicyclic) bond motifs is 1. The van der Waals surface area contributed by atoms with Gasteiger partial charge < -0.3 is 9.73 Å². The lowest BCUT2D eigenvalue weighted by molar-refractivity contribution is 0.411. The van der Waals surface area contributed by atoms with E-state index < -0.39 is 0 Å². The minimum Gasteiger partial charge on any atom is -0.469 e. The zero-order chi connectivity index (χ0) is 11.7. The molecular weight excluding hydrogens is 298 g/mol. The molecule has 2 heterocycles. The van der Waals surface area contributed by atoms with Crippen LogP contribution in [0.4, 0.5) is 0 Å². The van der Waals surface area contributed by atoms with Crippen molar-refractivity contribution in [3.8, 4) is 0 Å². The van der Waals surface area contributed by atoms with Gasteiger partial charge in [0.25, 0.3) is 0 Å². The van der Waals surface area contributed by atoms with Gasteiger partial charge in [0.1, 0.15) is 5.76 Å². The molecule has 1 N–H and O–H groups in total. The molecule has 2 aromatic rings. The minimum absolute atomic E-state index is 0.450. The van der Waals surface area contributed by atoms with E-state index in [2.05, 4.69) is 38.8 Å². The molecule has 3 rings (SSSR count). The van der Waals surface area contributed by atoms with E-state index in [1.165, 1.54) is 33.5 Å². The van der Waals surface area contributed by atoms with Crippen molar-refractivity contribution in [2.45, 2.75) is 31.8 Å². The van der Waals surface area contributed by atoms with Gasteiger partial charge in [-0.3, -0.25) is 0 Å². The van der Waals surface area contributed by atoms with Gasteiger partial charge in [0.2, 0.25) is 0 Å². The fourth-order valence-electron chi connectivity index (χ4n) is 2.37. The summed E-state index contributed by atoms with van der Waals surface area (Å²) in [4.78, 5) is 1.36. The van der Waals surface area contributed by atoms with E-state index >= 15 is 0 Å². The van der Waals surface area contributed by atoms with Gasteiger partial charge in [0.05, 0.1) is 6.26 Å². The van der Waals surface area contributed by atoms with Gasteiger partial charge in [-0.1, -0.05) is 0 Å². The Balaban J connectivity index is 1.70. The Morgan fingerprint density at radius 2 is 2.41 bits per heavy atom. The second-order valence-corrected chi connectivity index (χ2v) is 6.17. The molecule has 0 aromatic carbocycles. The van der Waals surface area contributed by atoms with Crippen LogP contribution in [0, 0.1) is 0 Å². The molecule has 0 spiro atoms. The van der Waals surface area contributed by atoms with Gasteiger partial charge in [-0.25, -0.2) is 0 Å². The van der Waals surface area contributed by atoms with Crippen LogP contribution in [-0.2, 0) is 13.0 Å². The maximum atomic E-state index is 5.50. The van der Waals surface area contributed by atoms with Crippen molar-refractivity contribution in [1.29, 1.82) is 0 Å². The quantitative estimate of drug-likeness (QED) is 0.915. The normalized spacial score (nSPS) is 19.2. The molecule has 2 nitrogen and oxygen atoms in total. The predicted octanol–water partition coefficient (Wildman–Crippen LogP) is 4.27. The average Bonchev–Trinajstić information content (AvgIpc) is 2.95. The molecule has 17 heavy (non-hydrogen) atoms.